The minimum absolute atomic E-state index is 0.114. The molecule has 0 radical (unpaired) electrons. The van der Waals surface area contributed by atoms with E-state index in [4.69, 9.17) is 9.15 Å². The standard InChI is InChI=1S/C21H30N2O4/c1-26-14-17-8-9-18(27-17)19(24)22-13-11-21(15-22)10-5-12-23(20(21)25)16-6-3-2-4-7-16/h8-9,16H,2-7,10-15H2,1H3/t21-/m1/s1. The van der Waals surface area contributed by atoms with Crippen molar-refractivity contribution in [3.05, 3.63) is 23.7 Å². The normalized spacial score (nSPS) is 26.9. The molecule has 2 amide bonds. The van der Waals surface area contributed by atoms with Gasteiger partial charge in [0.25, 0.3) is 5.91 Å². The van der Waals surface area contributed by atoms with Crippen LogP contribution in [0.25, 0.3) is 0 Å². The SMILES string of the molecule is COCc1ccc(C(=O)N2CC[C@]3(CCCN(C4CCCCC4)C3=O)C2)o1. The van der Waals surface area contributed by atoms with Gasteiger partial charge in [-0.2, -0.15) is 0 Å². The fourth-order valence-corrected chi connectivity index (χ4v) is 5.13. The lowest BCUT2D eigenvalue weighted by molar-refractivity contribution is -0.149. The summed E-state index contributed by atoms with van der Waals surface area (Å²) in [5, 5.41) is 0. The molecule has 1 aromatic heterocycles. The van der Waals surface area contributed by atoms with Gasteiger partial charge in [-0.15, -0.1) is 0 Å². The highest BCUT2D eigenvalue weighted by molar-refractivity contribution is 5.93. The van der Waals surface area contributed by atoms with Crippen molar-refractivity contribution in [1.82, 2.24) is 9.80 Å². The summed E-state index contributed by atoms with van der Waals surface area (Å²) in [6, 6.07) is 3.90. The molecule has 3 fully saturated rings. The number of methoxy groups -OCH3 is 1. The van der Waals surface area contributed by atoms with E-state index in [1.807, 2.05) is 0 Å². The molecule has 0 N–H and O–H groups in total. The van der Waals surface area contributed by atoms with Crippen molar-refractivity contribution >= 4 is 11.8 Å². The van der Waals surface area contributed by atoms with Crippen LogP contribution in [-0.2, 0) is 16.1 Å². The summed E-state index contributed by atoms with van der Waals surface area (Å²) in [4.78, 5) is 30.2. The predicted octanol–water partition coefficient (Wildman–Crippen LogP) is 3.21. The Kier molecular flexibility index (Phi) is 5.26. The van der Waals surface area contributed by atoms with Crippen LogP contribution in [0.3, 0.4) is 0 Å². The van der Waals surface area contributed by atoms with Gasteiger partial charge < -0.3 is 19.0 Å². The summed E-state index contributed by atoms with van der Waals surface area (Å²) < 4.78 is 10.7. The van der Waals surface area contributed by atoms with Crippen molar-refractivity contribution in [2.45, 2.75) is 64.0 Å². The zero-order valence-corrected chi connectivity index (χ0v) is 16.2. The van der Waals surface area contributed by atoms with Gasteiger partial charge in [-0.25, -0.2) is 0 Å². The van der Waals surface area contributed by atoms with Gasteiger partial charge in [0.1, 0.15) is 12.4 Å². The maximum Gasteiger partial charge on any atom is 0.289 e. The second kappa shape index (κ2) is 7.66. The van der Waals surface area contributed by atoms with Crippen LogP contribution < -0.4 is 0 Å². The molecule has 1 atom stereocenters. The predicted molar refractivity (Wildman–Crippen MR) is 100 cm³/mol. The first-order chi connectivity index (χ1) is 13.1. The smallest absolute Gasteiger partial charge is 0.289 e. The van der Waals surface area contributed by atoms with E-state index in [2.05, 4.69) is 4.90 Å². The number of furan rings is 1. The monoisotopic (exact) mass is 374 g/mol. The van der Waals surface area contributed by atoms with Gasteiger partial charge in [0.05, 0.1) is 5.41 Å². The molecule has 27 heavy (non-hydrogen) atoms. The molecule has 2 saturated heterocycles. The quantitative estimate of drug-likeness (QED) is 0.812. The summed E-state index contributed by atoms with van der Waals surface area (Å²) in [5.41, 5.74) is -0.382. The molecule has 0 aromatic carbocycles. The number of carbonyl (C=O) groups is 2. The minimum Gasteiger partial charge on any atom is -0.453 e. The molecule has 3 heterocycles. The third kappa shape index (κ3) is 3.51. The molecule has 2 aliphatic heterocycles. The molecule has 1 spiro atoms. The summed E-state index contributed by atoms with van der Waals surface area (Å²) in [5.74, 6) is 1.16. The number of hydrogen-bond donors (Lipinski definition) is 0. The summed E-state index contributed by atoms with van der Waals surface area (Å²) in [6.07, 6.45) is 8.74. The Morgan fingerprint density at radius 1 is 1.19 bits per heavy atom. The Bertz CT molecular complexity index is 694. The van der Waals surface area contributed by atoms with Crippen LogP contribution in [0.1, 0.15) is 67.7 Å². The molecular weight excluding hydrogens is 344 g/mol. The summed E-state index contributed by atoms with van der Waals surface area (Å²) in [7, 11) is 1.60. The summed E-state index contributed by atoms with van der Waals surface area (Å²) >= 11 is 0. The number of likely N-dealkylation sites (tertiary alicyclic amines) is 2. The van der Waals surface area contributed by atoms with E-state index in [1.54, 1.807) is 24.1 Å². The molecule has 6 heteroatoms. The molecule has 1 aliphatic carbocycles. The maximum absolute atomic E-state index is 13.4. The van der Waals surface area contributed by atoms with E-state index < -0.39 is 0 Å². The van der Waals surface area contributed by atoms with Crippen LogP contribution in [0, 0.1) is 5.41 Å². The van der Waals surface area contributed by atoms with Crippen molar-refractivity contribution in [2.24, 2.45) is 5.41 Å². The average molecular weight is 374 g/mol. The fourth-order valence-electron chi connectivity index (χ4n) is 5.13. The molecular formula is C21H30N2O4. The van der Waals surface area contributed by atoms with Crippen LogP contribution in [0.5, 0.6) is 0 Å². The number of hydrogen-bond acceptors (Lipinski definition) is 4. The van der Waals surface area contributed by atoms with Gasteiger partial charge in [0, 0.05) is 32.8 Å². The van der Waals surface area contributed by atoms with Crippen LogP contribution in [0.15, 0.2) is 16.5 Å². The Hall–Kier alpha value is -1.82. The van der Waals surface area contributed by atoms with E-state index in [-0.39, 0.29) is 17.2 Å². The van der Waals surface area contributed by atoms with Crippen LogP contribution in [0.4, 0.5) is 0 Å². The van der Waals surface area contributed by atoms with Gasteiger partial charge in [-0.05, 0) is 44.2 Å². The van der Waals surface area contributed by atoms with Crippen molar-refractivity contribution in [1.29, 1.82) is 0 Å². The molecule has 1 saturated carbocycles. The first-order valence-corrected chi connectivity index (χ1v) is 10.3. The van der Waals surface area contributed by atoms with E-state index in [1.165, 1.54) is 19.3 Å². The highest BCUT2D eigenvalue weighted by Gasteiger charge is 2.50. The summed E-state index contributed by atoms with van der Waals surface area (Å²) in [6.45, 7) is 2.39. The van der Waals surface area contributed by atoms with Gasteiger partial charge in [-0.1, -0.05) is 19.3 Å². The topological polar surface area (TPSA) is 63.0 Å². The molecule has 0 bridgehead atoms. The zero-order valence-electron chi connectivity index (χ0n) is 16.2. The van der Waals surface area contributed by atoms with Crippen molar-refractivity contribution in [2.75, 3.05) is 26.7 Å². The first-order valence-electron chi connectivity index (χ1n) is 10.3. The van der Waals surface area contributed by atoms with Crippen LogP contribution in [0.2, 0.25) is 0 Å². The lowest BCUT2D eigenvalue weighted by Crippen LogP contribution is -2.54. The Morgan fingerprint density at radius 3 is 2.78 bits per heavy atom. The Labute approximate surface area is 160 Å². The zero-order chi connectivity index (χ0) is 18.9. The lowest BCUT2D eigenvalue weighted by Gasteiger charge is -2.44. The van der Waals surface area contributed by atoms with Gasteiger partial charge >= 0.3 is 0 Å². The average Bonchev–Trinajstić information content (AvgIpc) is 3.33. The number of nitrogens with zero attached hydrogens (tertiary/aromatic N) is 2. The van der Waals surface area contributed by atoms with E-state index >= 15 is 0 Å². The van der Waals surface area contributed by atoms with Gasteiger partial charge in [0.15, 0.2) is 5.76 Å². The minimum atomic E-state index is -0.382. The van der Waals surface area contributed by atoms with Gasteiger partial charge in [0.2, 0.25) is 5.91 Å². The maximum atomic E-state index is 13.4. The number of ether oxygens (including phenoxy) is 1. The Morgan fingerprint density at radius 2 is 2.00 bits per heavy atom. The van der Waals surface area contributed by atoms with E-state index in [0.29, 0.717) is 37.3 Å². The Balaban J connectivity index is 1.45. The van der Waals surface area contributed by atoms with Crippen LogP contribution >= 0.6 is 0 Å². The second-order valence-electron chi connectivity index (χ2n) is 8.35. The van der Waals surface area contributed by atoms with Gasteiger partial charge in [-0.3, -0.25) is 9.59 Å². The molecule has 4 rings (SSSR count). The molecule has 3 aliphatic rings. The molecule has 1 aromatic rings. The molecule has 6 nitrogen and oxygen atoms in total. The van der Waals surface area contributed by atoms with Crippen LogP contribution in [-0.4, -0.2) is 54.4 Å². The lowest BCUT2D eigenvalue weighted by atomic mass is 9.77. The second-order valence-corrected chi connectivity index (χ2v) is 8.35. The van der Waals surface area contributed by atoms with E-state index in [0.717, 1.165) is 38.6 Å². The number of piperidine rings is 1. The van der Waals surface area contributed by atoms with Crippen molar-refractivity contribution in [3.63, 3.8) is 0 Å². The highest BCUT2D eigenvalue weighted by atomic mass is 16.5. The largest absolute Gasteiger partial charge is 0.453 e. The molecule has 148 valence electrons. The highest BCUT2D eigenvalue weighted by Crippen LogP contribution is 2.42. The molecule has 0 unspecified atom stereocenters. The van der Waals surface area contributed by atoms with Crippen molar-refractivity contribution in [3.8, 4) is 0 Å². The third-order valence-electron chi connectivity index (χ3n) is 6.58. The number of amides is 2. The van der Waals surface area contributed by atoms with Crippen molar-refractivity contribution < 1.29 is 18.7 Å². The number of carbonyl (C=O) groups excluding carboxylic acids is 2. The third-order valence-corrected chi connectivity index (χ3v) is 6.58. The number of rotatable bonds is 4. The fraction of sp³-hybridized carbons (Fsp3) is 0.714. The first kappa shape index (κ1) is 18.5. The van der Waals surface area contributed by atoms with E-state index in [9.17, 15) is 9.59 Å².